The Morgan fingerprint density at radius 1 is 0.944 bits per heavy atom. The number of epoxide rings is 2. The fourth-order valence-corrected chi connectivity index (χ4v) is 4.72. The monoisotopic (exact) mass is 318 g/mol. The lowest BCUT2D eigenvalue weighted by atomic mass is 10.4. The molecule has 0 radical (unpaired) electrons. The van der Waals surface area contributed by atoms with Gasteiger partial charge < -0.3 is 9.47 Å². The summed E-state index contributed by atoms with van der Waals surface area (Å²) in [6, 6.07) is 8.30. The molecule has 0 N–H and O–H groups in total. The average molecular weight is 319 g/mol. The van der Waals surface area contributed by atoms with E-state index in [1.807, 2.05) is 12.1 Å². The van der Waals surface area contributed by atoms with Crippen molar-refractivity contribution in [1.82, 2.24) is 0 Å². The van der Waals surface area contributed by atoms with Gasteiger partial charge in [0.1, 0.15) is 10.9 Å². The van der Waals surface area contributed by atoms with Crippen LogP contribution in [0.3, 0.4) is 0 Å². The molecular weight excluding hydrogens is 304 g/mol. The molecule has 1 aromatic carbocycles. The second kappa shape index (κ2) is 4.53. The summed E-state index contributed by atoms with van der Waals surface area (Å²) in [5.41, 5.74) is 0.0388. The van der Waals surface area contributed by atoms with E-state index in [-0.39, 0.29) is 20.7 Å². The van der Waals surface area contributed by atoms with Gasteiger partial charge in [-0.25, -0.2) is 0 Å². The summed E-state index contributed by atoms with van der Waals surface area (Å²) in [7, 11) is 0. The van der Waals surface area contributed by atoms with Gasteiger partial charge in [0.25, 0.3) is 0 Å². The third-order valence-electron chi connectivity index (χ3n) is 2.95. The second-order valence-corrected chi connectivity index (χ2v) is 8.47. The topological polar surface area (TPSA) is 25.1 Å². The molecule has 2 aliphatic heterocycles. The van der Waals surface area contributed by atoms with Crippen LogP contribution in [0, 0.1) is 0 Å². The molecule has 4 unspecified atom stereocenters. The normalized spacial score (nSPS) is 41.8. The quantitative estimate of drug-likeness (QED) is 0.650. The van der Waals surface area contributed by atoms with Crippen molar-refractivity contribution in [2.75, 3.05) is 0 Å². The van der Waals surface area contributed by atoms with Crippen LogP contribution in [0.15, 0.2) is 34.1 Å². The first-order chi connectivity index (χ1) is 8.43. The van der Waals surface area contributed by atoms with Crippen molar-refractivity contribution in [3.63, 3.8) is 0 Å². The summed E-state index contributed by atoms with van der Waals surface area (Å²) in [5, 5.41) is 0. The second-order valence-electron chi connectivity index (χ2n) is 4.62. The number of hydrogen-bond donors (Lipinski definition) is 2. The third-order valence-corrected chi connectivity index (χ3v) is 7.21. The van der Waals surface area contributed by atoms with Crippen molar-refractivity contribution in [3.8, 4) is 0 Å². The molecule has 98 valence electrons. The SMILES string of the molecule is CC1(Sc2ccccc2SC2(C)OC2S)OC1S. The Kier molecular flexibility index (Phi) is 3.40. The van der Waals surface area contributed by atoms with Gasteiger partial charge >= 0.3 is 0 Å². The summed E-state index contributed by atoms with van der Waals surface area (Å²) in [4.78, 5) is 2.01. The minimum atomic E-state index is -0.203. The summed E-state index contributed by atoms with van der Waals surface area (Å²) in [6.45, 7) is 4.13. The first-order valence-electron chi connectivity index (χ1n) is 5.62. The Morgan fingerprint density at radius 3 is 1.56 bits per heavy atom. The highest BCUT2D eigenvalue weighted by molar-refractivity contribution is 8.04. The first kappa shape index (κ1) is 13.5. The van der Waals surface area contributed by atoms with E-state index in [2.05, 4.69) is 51.2 Å². The van der Waals surface area contributed by atoms with Crippen LogP contribution < -0.4 is 0 Å². The van der Waals surface area contributed by atoms with Gasteiger partial charge in [-0.15, -0.1) is 25.3 Å². The predicted molar refractivity (Wildman–Crippen MR) is 82.7 cm³/mol. The zero-order valence-corrected chi connectivity index (χ0v) is 13.4. The van der Waals surface area contributed by atoms with Crippen molar-refractivity contribution < 1.29 is 9.47 Å². The third kappa shape index (κ3) is 2.55. The van der Waals surface area contributed by atoms with Crippen LogP contribution in [-0.4, -0.2) is 20.7 Å². The Morgan fingerprint density at radius 2 is 1.28 bits per heavy atom. The molecule has 2 heterocycles. The number of thiol groups is 2. The van der Waals surface area contributed by atoms with Crippen LogP contribution in [0.5, 0.6) is 0 Å². The average Bonchev–Trinajstić information content (AvgIpc) is 3.09. The van der Waals surface area contributed by atoms with E-state index in [0.29, 0.717) is 0 Å². The number of benzene rings is 1. The van der Waals surface area contributed by atoms with E-state index in [9.17, 15) is 0 Å². The molecule has 0 spiro atoms. The van der Waals surface area contributed by atoms with Crippen LogP contribution in [-0.2, 0) is 9.47 Å². The lowest BCUT2D eigenvalue weighted by Gasteiger charge is -2.12. The standard InChI is InChI=1S/C12H14O2S4/c1-11(9(15)13-11)17-7-5-3-4-6-8(7)18-12(2)10(16)14-12/h3-6,9-10,15-16H,1-2H3. The Labute approximate surface area is 126 Å². The van der Waals surface area contributed by atoms with Crippen LogP contribution in [0.4, 0.5) is 0 Å². The van der Waals surface area contributed by atoms with E-state index < -0.39 is 0 Å². The van der Waals surface area contributed by atoms with Gasteiger partial charge in [-0.05, 0) is 26.0 Å². The van der Waals surface area contributed by atoms with Crippen molar-refractivity contribution >= 4 is 48.8 Å². The molecule has 4 atom stereocenters. The molecule has 2 nitrogen and oxygen atoms in total. The maximum atomic E-state index is 5.50. The first-order valence-corrected chi connectivity index (χ1v) is 8.28. The molecule has 3 rings (SSSR count). The highest BCUT2D eigenvalue weighted by Crippen LogP contribution is 2.56. The van der Waals surface area contributed by atoms with Gasteiger partial charge in [-0.3, -0.25) is 0 Å². The van der Waals surface area contributed by atoms with E-state index in [0.717, 1.165) is 0 Å². The summed E-state index contributed by atoms with van der Waals surface area (Å²) in [5.74, 6) is 0. The van der Waals surface area contributed by atoms with E-state index in [4.69, 9.17) is 9.47 Å². The highest BCUT2D eigenvalue weighted by atomic mass is 32.2. The van der Waals surface area contributed by atoms with Crippen LogP contribution in [0.2, 0.25) is 0 Å². The molecule has 18 heavy (non-hydrogen) atoms. The van der Waals surface area contributed by atoms with Gasteiger partial charge in [0.15, 0.2) is 9.87 Å². The van der Waals surface area contributed by atoms with Crippen LogP contribution >= 0.6 is 48.8 Å². The number of thioether (sulfide) groups is 2. The fraction of sp³-hybridized carbons (Fsp3) is 0.500. The van der Waals surface area contributed by atoms with E-state index in [1.54, 1.807) is 23.5 Å². The number of ether oxygens (including phenoxy) is 2. The molecule has 1 aromatic rings. The van der Waals surface area contributed by atoms with Gasteiger partial charge in [0.05, 0.1) is 0 Å². The number of rotatable bonds is 4. The lowest BCUT2D eigenvalue weighted by molar-refractivity contribution is 0.393. The van der Waals surface area contributed by atoms with Gasteiger partial charge in [0.2, 0.25) is 0 Å². The molecule has 0 amide bonds. The molecule has 0 saturated carbocycles. The number of hydrogen-bond acceptors (Lipinski definition) is 6. The molecule has 0 aliphatic carbocycles. The molecule has 2 saturated heterocycles. The molecule has 2 fully saturated rings. The highest BCUT2D eigenvalue weighted by Gasteiger charge is 2.53. The zero-order chi connectivity index (χ0) is 13.0. The largest absolute Gasteiger partial charge is 0.343 e. The summed E-state index contributed by atoms with van der Waals surface area (Å²) >= 11 is 12.1. The van der Waals surface area contributed by atoms with Gasteiger partial charge in [-0.2, -0.15) is 0 Å². The van der Waals surface area contributed by atoms with E-state index in [1.165, 1.54) is 9.79 Å². The van der Waals surface area contributed by atoms with Crippen molar-refractivity contribution in [2.24, 2.45) is 0 Å². The maximum absolute atomic E-state index is 5.50. The Bertz CT molecular complexity index is 440. The molecule has 0 bridgehead atoms. The molecule has 0 aromatic heterocycles. The maximum Gasteiger partial charge on any atom is 0.152 e. The predicted octanol–water partition coefficient (Wildman–Crippen LogP) is 3.88. The summed E-state index contributed by atoms with van der Waals surface area (Å²) < 4.78 is 11.0. The molecular formula is C12H14O2S4. The Hall–Kier alpha value is 0.540. The summed E-state index contributed by atoms with van der Waals surface area (Å²) in [6.07, 6.45) is 0. The van der Waals surface area contributed by atoms with Gasteiger partial charge in [0, 0.05) is 9.79 Å². The molecule has 2 aliphatic rings. The van der Waals surface area contributed by atoms with Crippen molar-refractivity contribution in [3.05, 3.63) is 24.3 Å². The minimum absolute atomic E-state index is 0.0194. The Balaban J connectivity index is 1.78. The van der Waals surface area contributed by atoms with Crippen LogP contribution in [0.25, 0.3) is 0 Å². The zero-order valence-electron chi connectivity index (χ0n) is 9.99. The van der Waals surface area contributed by atoms with Crippen molar-refractivity contribution in [1.29, 1.82) is 0 Å². The van der Waals surface area contributed by atoms with E-state index >= 15 is 0 Å². The van der Waals surface area contributed by atoms with Crippen LogP contribution in [0.1, 0.15) is 13.8 Å². The lowest BCUT2D eigenvalue weighted by Crippen LogP contribution is -2.03. The smallest absolute Gasteiger partial charge is 0.152 e. The van der Waals surface area contributed by atoms with Gasteiger partial charge in [-0.1, -0.05) is 35.7 Å². The van der Waals surface area contributed by atoms with Crippen molar-refractivity contribution in [2.45, 2.75) is 44.4 Å². The molecule has 6 heteroatoms. The minimum Gasteiger partial charge on any atom is -0.343 e. The fourth-order valence-electron chi connectivity index (χ4n) is 1.58.